The van der Waals surface area contributed by atoms with Crippen LogP contribution in [0.4, 0.5) is 8.78 Å². The lowest BCUT2D eigenvalue weighted by Gasteiger charge is -2.42. The van der Waals surface area contributed by atoms with Crippen LogP contribution in [0, 0.1) is 17.6 Å². The van der Waals surface area contributed by atoms with E-state index in [2.05, 4.69) is 4.90 Å². The molecule has 2 aliphatic rings. The van der Waals surface area contributed by atoms with Crippen molar-refractivity contribution in [2.45, 2.75) is 25.4 Å². The molecule has 3 nitrogen and oxygen atoms in total. The molecule has 0 aliphatic carbocycles. The van der Waals surface area contributed by atoms with Gasteiger partial charge in [0.25, 0.3) is 5.56 Å². The Morgan fingerprint density at radius 1 is 1.00 bits per heavy atom. The molecule has 2 bridgehead atoms. The number of rotatable bonds is 2. The standard InChI is InChI=1S/C18H18F2N2O/c19-15-3-1-4-16(20)14(15)11-21-8-12-7-13(10-21)17-5-2-6-18(23)22(17)9-12/h1-6,12-13H,7-11H2/t12-,13-/m0/s1. The number of likely N-dealkylation sites (tertiary alicyclic amines) is 1. The van der Waals surface area contributed by atoms with Crippen molar-refractivity contribution in [2.24, 2.45) is 5.92 Å². The largest absolute Gasteiger partial charge is 0.312 e. The van der Waals surface area contributed by atoms with Crippen LogP contribution in [0.3, 0.4) is 0 Å². The van der Waals surface area contributed by atoms with Crippen molar-refractivity contribution in [3.8, 4) is 0 Å². The summed E-state index contributed by atoms with van der Waals surface area (Å²) in [5, 5.41) is 0. The zero-order chi connectivity index (χ0) is 16.0. The number of halogens is 2. The second-order valence-corrected chi connectivity index (χ2v) is 6.59. The average Bonchev–Trinajstić information content (AvgIpc) is 2.52. The van der Waals surface area contributed by atoms with Crippen LogP contribution in [0.2, 0.25) is 0 Å². The molecule has 0 N–H and O–H groups in total. The molecule has 120 valence electrons. The quantitative estimate of drug-likeness (QED) is 0.851. The molecule has 0 spiro atoms. The van der Waals surface area contributed by atoms with E-state index in [-0.39, 0.29) is 23.6 Å². The Morgan fingerprint density at radius 3 is 2.52 bits per heavy atom. The highest BCUT2D eigenvalue weighted by atomic mass is 19.1. The number of nitrogens with zero attached hydrogens (tertiary/aromatic N) is 2. The Bertz CT molecular complexity index is 782. The Kier molecular flexibility index (Phi) is 3.53. The lowest BCUT2D eigenvalue weighted by Crippen LogP contribution is -2.46. The fraction of sp³-hybridized carbons (Fsp3) is 0.389. The van der Waals surface area contributed by atoms with Crippen LogP contribution in [-0.2, 0) is 13.1 Å². The first kappa shape index (κ1) is 14.6. The van der Waals surface area contributed by atoms with Crippen LogP contribution in [0.1, 0.15) is 23.6 Å². The number of pyridine rings is 1. The van der Waals surface area contributed by atoms with Crippen LogP contribution >= 0.6 is 0 Å². The second kappa shape index (κ2) is 5.57. The molecule has 0 amide bonds. The molecule has 23 heavy (non-hydrogen) atoms. The predicted octanol–water partition coefficient (Wildman–Crippen LogP) is 2.75. The van der Waals surface area contributed by atoms with Gasteiger partial charge in [-0.05, 0) is 30.5 Å². The summed E-state index contributed by atoms with van der Waals surface area (Å²) in [7, 11) is 0. The van der Waals surface area contributed by atoms with Gasteiger partial charge >= 0.3 is 0 Å². The number of piperidine rings is 1. The van der Waals surface area contributed by atoms with Gasteiger partial charge in [-0.1, -0.05) is 12.1 Å². The highest BCUT2D eigenvalue weighted by Crippen LogP contribution is 2.35. The SMILES string of the molecule is O=c1cccc2n1C[C@H]1C[C@H]2CN(Cc2c(F)cccc2F)C1. The number of aromatic nitrogens is 1. The van der Waals surface area contributed by atoms with E-state index in [1.807, 2.05) is 10.6 Å². The Labute approximate surface area is 133 Å². The van der Waals surface area contributed by atoms with Gasteiger partial charge in [0.1, 0.15) is 11.6 Å². The van der Waals surface area contributed by atoms with E-state index in [9.17, 15) is 13.6 Å². The van der Waals surface area contributed by atoms with Gasteiger partial charge in [0.2, 0.25) is 0 Å². The summed E-state index contributed by atoms with van der Waals surface area (Å²) in [5.41, 5.74) is 1.23. The van der Waals surface area contributed by atoms with E-state index in [1.165, 1.54) is 18.2 Å². The molecule has 2 atom stereocenters. The third-order valence-corrected chi connectivity index (χ3v) is 5.00. The van der Waals surface area contributed by atoms with E-state index in [0.717, 1.165) is 25.2 Å². The molecule has 3 heterocycles. The smallest absolute Gasteiger partial charge is 0.250 e. The monoisotopic (exact) mass is 316 g/mol. The van der Waals surface area contributed by atoms with Gasteiger partial charge in [-0.2, -0.15) is 0 Å². The highest BCUT2D eigenvalue weighted by molar-refractivity contribution is 5.21. The molecular weight excluding hydrogens is 298 g/mol. The topological polar surface area (TPSA) is 25.2 Å². The minimum atomic E-state index is -0.489. The van der Waals surface area contributed by atoms with Crippen molar-refractivity contribution >= 4 is 0 Å². The van der Waals surface area contributed by atoms with Crippen molar-refractivity contribution in [3.63, 3.8) is 0 Å². The minimum absolute atomic E-state index is 0.0470. The number of hydrogen-bond acceptors (Lipinski definition) is 2. The van der Waals surface area contributed by atoms with Crippen LogP contribution < -0.4 is 5.56 Å². The Morgan fingerprint density at radius 2 is 1.74 bits per heavy atom. The normalized spacial score (nSPS) is 23.6. The molecular formula is C18H18F2N2O. The zero-order valence-corrected chi connectivity index (χ0v) is 12.7. The summed E-state index contributed by atoms with van der Waals surface area (Å²) in [5.74, 6) is -0.364. The third kappa shape index (κ3) is 2.59. The summed E-state index contributed by atoms with van der Waals surface area (Å²) >= 11 is 0. The summed E-state index contributed by atoms with van der Waals surface area (Å²) in [6, 6.07) is 9.38. The van der Waals surface area contributed by atoms with Gasteiger partial charge in [-0.15, -0.1) is 0 Å². The van der Waals surface area contributed by atoms with Crippen molar-refractivity contribution < 1.29 is 8.78 Å². The highest BCUT2D eigenvalue weighted by Gasteiger charge is 2.34. The van der Waals surface area contributed by atoms with Gasteiger partial charge in [0, 0.05) is 49.4 Å². The van der Waals surface area contributed by atoms with Crippen LogP contribution in [0.15, 0.2) is 41.2 Å². The van der Waals surface area contributed by atoms with E-state index < -0.39 is 11.6 Å². The lowest BCUT2D eigenvalue weighted by atomic mass is 9.83. The first-order valence-electron chi connectivity index (χ1n) is 7.97. The fourth-order valence-corrected chi connectivity index (χ4v) is 4.03. The first-order chi connectivity index (χ1) is 11.1. The maximum absolute atomic E-state index is 13.9. The number of hydrogen-bond donors (Lipinski definition) is 0. The molecule has 1 aromatic carbocycles. The number of fused-ring (bicyclic) bond motifs is 4. The maximum atomic E-state index is 13.9. The van der Waals surface area contributed by atoms with Gasteiger partial charge in [0.15, 0.2) is 0 Å². The van der Waals surface area contributed by atoms with Crippen molar-refractivity contribution in [1.82, 2.24) is 9.47 Å². The number of benzene rings is 1. The third-order valence-electron chi connectivity index (χ3n) is 5.00. The van der Waals surface area contributed by atoms with Crippen LogP contribution in [-0.4, -0.2) is 22.6 Å². The van der Waals surface area contributed by atoms with Crippen molar-refractivity contribution in [2.75, 3.05) is 13.1 Å². The molecule has 2 aromatic rings. The predicted molar refractivity (Wildman–Crippen MR) is 83.2 cm³/mol. The zero-order valence-electron chi connectivity index (χ0n) is 12.7. The molecule has 0 unspecified atom stereocenters. The first-order valence-corrected chi connectivity index (χ1v) is 7.97. The van der Waals surface area contributed by atoms with E-state index in [4.69, 9.17) is 0 Å². The summed E-state index contributed by atoms with van der Waals surface area (Å²) in [6.07, 6.45) is 1.04. The van der Waals surface area contributed by atoms with E-state index in [1.54, 1.807) is 12.1 Å². The molecule has 1 saturated heterocycles. The summed E-state index contributed by atoms with van der Waals surface area (Å²) < 4.78 is 29.6. The minimum Gasteiger partial charge on any atom is -0.312 e. The Balaban J connectivity index is 1.60. The van der Waals surface area contributed by atoms with Gasteiger partial charge in [-0.25, -0.2) is 8.78 Å². The molecule has 1 fully saturated rings. The molecule has 4 rings (SSSR count). The Hall–Kier alpha value is -2.01. The lowest BCUT2D eigenvalue weighted by molar-refractivity contribution is 0.112. The summed E-state index contributed by atoms with van der Waals surface area (Å²) in [6.45, 7) is 2.48. The average molecular weight is 316 g/mol. The molecule has 0 radical (unpaired) electrons. The second-order valence-electron chi connectivity index (χ2n) is 6.59. The molecule has 5 heteroatoms. The van der Waals surface area contributed by atoms with Gasteiger partial charge < -0.3 is 4.57 Å². The van der Waals surface area contributed by atoms with Gasteiger partial charge in [0.05, 0.1) is 0 Å². The molecule has 1 aromatic heterocycles. The summed E-state index contributed by atoms with van der Waals surface area (Å²) in [4.78, 5) is 14.1. The van der Waals surface area contributed by atoms with Crippen LogP contribution in [0.25, 0.3) is 0 Å². The fourth-order valence-electron chi connectivity index (χ4n) is 4.03. The van der Waals surface area contributed by atoms with E-state index >= 15 is 0 Å². The van der Waals surface area contributed by atoms with E-state index in [0.29, 0.717) is 12.5 Å². The van der Waals surface area contributed by atoms with Gasteiger partial charge in [-0.3, -0.25) is 9.69 Å². The maximum Gasteiger partial charge on any atom is 0.250 e. The molecule has 2 aliphatic heterocycles. The van der Waals surface area contributed by atoms with Crippen molar-refractivity contribution in [1.29, 1.82) is 0 Å². The van der Waals surface area contributed by atoms with Crippen LogP contribution in [0.5, 0.6) is 0 Å². The molecule has 0 saturated carbocycles. The van der Waals surface area contributed by atoms with Crippen molar-refractivity contribution in [3.05, 3.63) is 69.6 Å².